The summed E-state index contributed by atoms with van der Waals surface area (Å²) in [6, 6.07) is 16.7. The molecule has 120 valence electrons. The Balaban J connectivity index is 1.76. The van der Waals surface area contributed by atoms with Gasteiger partial charge in [-0.15, -0.1) is 11.8 Å². The molecule has 24 heavy (non-hydrogen) atoms. The Morgan fingerprint density at radius 2 is 1.83 bits per heavy atom. The molecule has 3 rings (SSSR count). The number of amides is 2. The zero-order valence-electron chi connectivity index (χ0n) is 12.9. The molecular weight excluding hydrogens is 340 g/mol. The molecule has 0 bridgehead atoms. The number of carbonyl (C=O) groups is 2. The molecule has 0 unspecified atom stereocenters. The van der Waals surface area contributed by atoms with E-state index in [1.807, 2.05) is 36.6 Å². The fraction of sp³-hybridized carbons (Fsp3) is 0.0556. The maximum absolute atomic E-state index is 12.1. The smallest absolute Gasteiger partial charge is 0.279 e. The fourth-order valence-electron chi connectivity index (χ4n) is 2.07. The number of hydrogen-bond donors (Lipinski definition) is 1. The second kappa shape index (κ2) is 7.51. The third kappa shape index (κ3) is 3.96. The zero-order chi connectivity index (χ0) is 16.9. The zero-order valence-corrected chi connectivity index (χ0v) is 14.5. The molecular formula is C18H14N2O2S2. The van der Waals surface area contributed by atoms with E-state index in [1.54, 1.807) is 42.1 Å². The van der Waals surface area contributed by atoms with Crippen LogP contribution in [-0.2, 0) is 4.79 Å². The number of nitrogens with zero attached hydrogens (tertiary/aromatic N) is 1. The number of nitrogens with one attached hydrogen (secondary N) is 1. The monoisotopic (exact) mass is 354 g/mol. The average Bonchev–Trinajstić information content (AvgIpc) is 2.95. The summed E-state index contributed by atoms with van der Waals surface area (Å²) in [7, 11) is 0. The molecule has 1 N–H and O–H groups in total. The standard InChI is InChI=1S/C18H14N2O2S2/c1-23-14-9-7-12(8-10-14)11-15-17(22)20-18(24-15)19-16(21)13-5-3-2-4-6-13/h2-11H,1H3,(H,19,20,21,22)/b15-11-. The van der Waals surface area contributed by atoms with Crippen molar-refractivity contribution in [2.24, 2.45) is 4.99 Å². The van der Waals surface area contributed by atoms with Crippen molar-refractivity contribution < 1.29 is 9.59 Å². The summed E-state index contributed by atoms with van der Waals surface area (Å²) in [5, 5.41) is 2.93. The molecule has 2 aromatic carbocycles. The van der Waals surface area contributed by atoms with Crippen LogP contribution in [0.2, 0.25) is 0 Å². The molecule has 0 saturated carbocycles. The lowest BCUT2D eigenvalue weighted by Gasteiger charge is -1.97. The summed E-state index contributed by atoms with van der Waals surface area (Å²) in [5.41, 5.74) is 1.42. The van der Waals surface area contributed by atoms with Gasteiger partial charge in [-0.3, -0.25) is 9.59 Å². The predicted molar refractivity (Wildman–Crippen MR) is 100 cm³/mol. The van der Waals surface area contributed by atoms with Gasteiger partial charge in [-0.25, -0.2) is 0 Å². The molecule has 1 aliphatic heterocycles. The van der Waals surface area contributed by atoms with Crippen molar-refractivity contribution in [3.63, 3.8) is 0 Å². The Kier molecular flexibility index (Phi) is 5.17. The molecule has 1 heterocycles. The van der Waals surface area contributed by atoms with Gasteiger partial charge in [0.2, 0.25) is 0 Å². The number of benzene rings is 2. The maximum Gasteiger partial charge on any atom is 0.279 e. The number of hydrogen-bond acceptors (Lipinski definition) is 4. The van der Waals surface area contributed by atoms with Gasteiger partial charge in [0.05, 0.1) is 4.91 Å². The van der Waals surface area contributed by atoms with E-state index in [1.165, 1.54) is 11.8 Å². The molecule has 1 aliphatic rings. The van der Waals surface area contributed by atoms with Crippen molar-refractivity contribution in [2.75, 3.05) is 6.26 Å². The van der Waals surface area contributed by atoms with E-state index < -0.39 is 0 Å². The van der Waals surface area contributed by atoms with Crippen LogP contribution >= 0.6 is 23.5 Å². The highest BCUT2D eigenvalue weighted by Crippen LogP contribution is 2.27. The maximum atomic E-state index is 12.1. The minimum atomic E-state index is -0.371. The molecule has 2 aromatic rings. The van der Waals surface area contributed by atoms with Crippen LogP contribution in [0.4, 0.5) is 0 Å². The minimum Gasteiger partial charge on any atom is -0.300 e. The van der Waals surface area contributed by atoms with Crippen LogP contribution in [-0.4, -0.2) is 23.2 Å². The summed E-state index contributed by atoms with van der Waals surface area (Å²) in [6.45, 7) is 0. The van der Waals surface area contributed by atoms with E-state index in [0.29, 0.717) is 15.6 Å². The van der Waals surface area contributed by atoms with Gasteiger partial charge < -0.3 is 5.32 Å². The van der Waals surface area contributed by atoms with Gasteiger partial charge in [-0.05, 0) is 53.9 Å². The molecule has 0 aliphatic carbocycles. The molecule has 0 spiro atoms. The van der Waals surface area contributed by atoms with E-state index in [9.17, 15) is 9.59 Å². The first kappa shape index (κ1) is 16.5. The van der Waals surface area contributed by atoms with E-state index >= 15 is 0 Å². The number of amidine groups is 1. The summed E-state index contributed by atoms with van der Waals surface area (Å²) in [4.78, 5) is 29.8. The Hall–Kier alpha value is -2.31. The number of carbonyl (C=O) groups excluding carboxylic acids is 2. The second-order valence-corrected chi connectivity index (χ2v) is 6.84. The van der Waals surface area contributed by atoms with Gasteiger partial charge >= 0.3 is 0 Å². The first-order chi connectivity index (χ1) is 11.7. The Labute approximate surface area is 148 Å². The van der Waals surface area contributed by atoms with Crippen LogP contribution in [0.5, 0.6) is 0 Å². The molecule has 2 amide bonds. The van der Waals surface area contributed by atoms with Crippen molar-refractivity contribution in [3.05, 3.63) is 70.6 Å². The topological polar surface area (TPSA) is 58.5 Å². The molecule has 4 nitrogen and oxygen atoms in total. The van der Waals surface area contributed by atoms with E-state index in [0.717, 1.165) is 10.5 Å². The Morgan fingerprint density at radius 3 is 2.50 bits per heavy atom. The number of aliphatic imine (C=N–C) groups is 1. The molecule has 0 atom stereocenters. The third-order valence-electron chi connectivity index (χ3n) is 3.29. The van der Waals surface area contributed by atoms with Crippen molar-refractivity contribution >= 4 is 46.6 Å². The first-order valence-corrected chi connectivity index (χ1v) is 9.23. The summed E-state index contributed by atoms with van der Waals surface area (Å²) < 4.78 is 0. The van der Waals surface area contributed by atoms with Crippen molar-refractivity contribution in [1.82, 2.24) is 5.32 Å². The minimum absolute atomic E-state index is 0.242. The van der Waals surface area contributed by atoms with Gasteiger partial charge in [0.15, 0.2) is 5.17 Å². The quantitative estimate of drug-likeness (QED) is 0.673. The van der Waals surface area contributed by atoms with Crippen LogP contribution in [0.3, 0.4) is 0 Å². The summed E-state index contributed by atoms with van der Waals surface area (Å²) >= 11 is 2.84. The number of rotatable bonds is 3. The highest BCUT2D eigenvalue weighted by molar-refractivity contribution is 8.18. The van der Waals surface area contributed by atoms with Crippen LogP contribution in [0, 0.1) is 0 Å². The van der Waals surface area contributed by atoms with Gasteiger partial charge in [0.25, 0.3) is 11.8 Å². The van der Waals surface area contributed by atoms with Gasteiger partial charge in [0.1, 0.15) is 0 Å². The van der Waals surface area contributed by atoms with E-state index in [4.69, 9.17) is 0 Å². The van der Waals surface area contributed by atoms with Crippen molar-refractivity contribution in [3.8, 4) is 0 Å². The summed E-state index contributed by atoms with van der Waals surface area (Å²) in [5.74, 6) is -0.613. The highest BCUT2D eigenvalue weighted by Gasteiger charge is 2.24. The van der Waals surface area contributed by atoms with Crippen molar-refractivity contribution in [2.45, 2.75) is 4.90 Å². The summed E-state index contributed by atoms with van der Waals surface area (Å²) in [6.07, 6.45) is 3.81. The van der Waals surface area contributed by atoms with Crippen LogP contribution in [0.1, 0.15) is 15.9 Å². The lowest BCUT2D eigenvalue weighted by atomic mass is 10.2. The normalized spacial score (nSPS) is 17.3. The molecule has 0 aromatic heterocycles. The lowest BCUT2D eigenvalue weighted by Crippen LogP contribution is -2.20. The van der Waals surface area contributed by atoms with Gasteiger partial charge in [-0.1, -0.05) is 30.3 Å². The molecule has 0 radical (unpaired) electrons. The van der Waals surface area contributed by atoms with E-state index in [2.05, 4.69) is 10.3 Å². The van der Waals surface area contributed by atoms with Crippen LogP contribution in [0.15, 0.2) is 69.4 Å². The first-order valence-electron chi connectivity index (χ1n) is 7.19. The van der Waals surface area contributed by atoms with Crippen LogP contribution < -0.4 is 5.32 Å². The van der Waals surface area contributed by atoms with Crippen LogP contribution in [0.25, 0.3) is 6.08 Å². The predicted octanol–water partition coefficient (Wildman–Crippen LogP) is 3.81. The van der Waals surface area contributed by atoms with E-state index in [-0.39, 0.29) is 11.8 Å². The largest absolute Gasteiger partial charge is 0.300 e. The SMILES string of the molecule is CSc1ccc(/C=C2\SC(=NC(=O)c3ccccc3)NC2=O)cc1. The third-order valence-corrected chi connectivity index (χ3v) is 4.94. The highest BCUT2D eigenvalue weighted by atomic mass is 32.2. The lowest BCUT2D eigenvalue weighted by molar-refractivity contribution is -0.115. The average molecular weight is 354 g/mol. The molecule has 1 saturated heterocycles. The Morgan fingerprint density at radius 1 is 1.12 bits per heavy atom. The fourth-order valence-corrected chi connectivity index (χ4v) is 3.30. The number of thioether (sulfide) groups is 2. The van der Waals surface area contributed by atoms with Crippen molar-refractivity contribution in [1.29, 1.82) is 0 Å². The Bertz CT molecular complexity index is 828. The van der Waals surface area contributed by atoms with Gasteiger partial charge in [-0.2, -0.15) is 4.99 Å². The molecule has 1 fully saturated rings. The molecule has 6 heteroatoms. The van der Waals surface area contributed by atoms with Gasteiger partial charge in [0, 0.05) is 10.5 Å². The second-order valence-electron chi connectivity index (χ2n) is 4.93.